The van der Waals surface area contributed by atoms with E-state index in [-0.39, 0.29) is 5.75 Å². The summed E-state index contributed by atoms with van der Waals surface area (Å²) in [6, 6.07) is 6.50. The maximum atomic E-state index is 13.0. The maximum absolute atomic E-state index is 13.0. The van der Waals surface area contributed by atoms with Gasteiger partial charge in [-0.05, 0) is 12.1 Å². The molecule has 0 saturated heterocycles. The van der Waals surface area contributed by atoms with Crippen LogP contribution in [-0.2, 0) is 10.1 Å². The average Bonchev–Trinajstić information content (AvgIpc) is 2.65. The van der Waals surface area contributed by atoms with E-state index in [1.54, 1.807) is 18.2 Å². The fraction of sp³-hybridized carbons (Fsp3) is 0.571. The molecule has 0 heterocycles. The van der Waals surface area contributed by atoms with Crippen LogP contribution in [0, 0.1) is 0 Å². The predicted molar refractivity (Wildman–Crippen MR) is 84.8 cm³/mol. The van der Waals surface area contributed by atoms with Crippen LogP contribution < -0.4 is 5.73 Å². The van der Waals surface area contributed by atoms with Crippen LogP contribution in [0.5, 0.6) is 5.75 Å². The summed E-state index contributed by atoms with van der Waals surface area (Å²) in [6.07, 6.45) is -7.88. The number of nitrogens with two attached hydrogens (primary N) is 1. The second-order valence-corrected chi connectivity index (χ2v) is 7.99. The lowest BCUT2D eigenvalue weighted by atomic mass is 9.91. The molecular weight excluding hydrogens is 601 g/mol. The zero-order valence-corrected chi connectivity index (χ0v) is 17.2. The highest BCUT2D eigenvalue weighted by atomic mass is 32.2. The Labute approximate surface area is 192 Å². The van der Waals surface area contributed by atoms with Crippen molar-refractivity contribution >= 4 is 15.8 Å². The summed E-state index contributed by atoms with van der Waals surface area (Å²) >= 11 is 0. The number of phenols is 1. The molecule has 0 unspecified atom stereocenters. The maximum Gasteiger partial charge on any atom is 0.460 e. The monoisotopic (exact) mass is 609 g/mol. The number of nitrogen functional groups attached to an aromatic ring is 1. The fourth-order valence-corrected chi connectivity index (χ4v) is 2.29. The second kappa shape index (κ2) is 9.38. The van der Waals surface area contributed by atoms with Crippen LogP contribution in [0.15, 0.2) is 24.3 Å². The average molecular weight is 609 g/mol. The minimum atomic E-state index is -8.89. The molecule has 0 spiro atoms. The summed E-state index contributed by atoms with van der Waals surface area (Å²) in [5.74, 6) is -51.8. The van der Waals surface area contributed by atoms with Gasteiger partial charge < -0.3 is 10.8 Å². The van der Waals surface area contributed by atoms with Gasteiger partial charge in [-0.2, -0.15) is 83.1 Å². The van der Waals surface area contributed by atoms with Crippen molar-refractivity contribution in [1.82, 2.24) is 0 Å². The van der Waals surface area contributed by atoms with Crippen molar-refractivity contribution in [1.29, 1.82) is 0 Å². The molecule has 0 bridgehead atoms. The molecule has 0 amide bonds. The van der Waals surface area contributed by atoms with Crippen LogP contribution in [-0.4, -0.2) is 65.0 Å². The van der Waals surface area contributed by atoms with E-state index in [1.165, 1.54) is 6.07 Å². The number of hydrogen-bond acceptors (Lipinski definition) is 4. The van der Waals surface area contributed by atoms with Crippen LogP contribution in [0.1, 0.15) is 0 Å². The fourth-order valence-electron chi connectivity index (χ4n) is 1.84. The Hall–Kier alpha value is -2.46. The van der Waals surface area contributed by atoms with E-state index in [4.69, 9.17) is 15.4 Å². The first kappa shape index (κ1) is 34.5. The number of aromatic hydroxyl groups is 1. The van der Waals surface area contributed by atoms with Crippen LogP contribution in [0.4, 0.5) is 80.3 Å². The Balaban J connectivity index is 0.00000136. The molecule has 5 nitrogen and oxygen atoms in total. The van der Waals surface area contributed by atoms with Gasteiger partial charge in [-0.25, -0.2) is 0 Å². The highest BCUT2D eigenvalue weighted by molar-refractivity contribution is 7.87. The molecule has 4 N–H and O–H groups in total. The lowest BCUT2D eigenvalue weighted by Gasteiger charge is -2.42. The number of halogens is 17. The third-order valence-corrected chi connectivity index (χ3v) is 4.79. The van der Waals surface area contributed by atoms with Gasteiger partial charge in [0.2, 0.25) is 0 Å². The molecule has 1 aromatic carbocycles. The quantitative estimate of drug-likeness (QED) is 0.206. The topological polar surface area (TPSA) is 101 Å². The van der Waals surface area contributed by atoms with E-state index >= 15 is 0 Å². The first-order chi connectivity index (χ1) is 15.8. The minimum Gasteiger partial charge on any atom is -0.508 e. The summed E-state index contributed by atoms with van der Waals surface area (Å²) in [6.45, 7) is 0. The van der Waals surface area contributed by atoms with Crippen molar-refractivity contribution in [2.75, 3.05) is 5.73 Å². The largest absolute Gasteiger partial charge is 0.508 e. The van der Waals surface area contributed by atoms with Gasteiger partial charge in [-0.15, -0.1) is 0 Å². The summed E-state index contributed by atoms with van der Waals surface area (Å²) in [5, 5.41) is 0.891. The van der Waals surface area contributed by atoms with Crippen LogP contribution >= 0.6 is 0 Å². The lowest BCUT2D eigenvalue weighted by Crippen LogP contribution is -2.74. The summed E-state index contributed by atoms with van der Waals surface area (Å²) in [4.78, 5) is 0. The highest BCUT2D eigenvalue weighted by Gasteiger charge is 2.96. The molecular formula is C14H8F17NO4S. The molecule has 0 saturated carbocycles. The van der Waals surface area contributed by atoms with Crippen LogP contribution in [0.25, 0.3) is 0 Å². The van der Waals surface area contributed by atoms with Gasteiger partial charge in [0.25, 0.3) is 0 Å². The van der Waals surface area contributed by atoms with Gasteiger partial charge >= 0.3 is 57.1 Å². The van der Waals surface area contributed by atoms with Gasteiger partial charge in [0.15, 0.2) is 0 Å². The Morgan fingerprint density at radius 2 is 0.919 bits per heavy atom. The zero-order valence-electron chi connectivity index (χ0n) is 16.4. The minimum absolute atomic E-state index is 0.213. The lowest BCUT2D eigenvalue weighted by molar-refractivity contribution is -0.458. The van der Waals surface area contributed by atoms with E-state index < -0.39 is 57.1 Å². The van der Waals surface area contributed by atoms with Gasteiger partial charge in [0, 0.05) is 11.8 Å². The summed E-state index contributed by atoms with van der Waals surface area (Å²) < 4.78 is 242. The predicted octanol–water partition coefficient (Wildman–Crippen LogP) is 5.82. The highest BCUT2D eigenvalue weighted by Crippen LogP contribution is 2.64. The van der Waals surface area contributed by atoms with E-state index in [1.807, 2.05) is 0 Å². The zero-order chi connectivity index (χ0) is 30.5. The third-order valence-electron chi connectivity index (χ3n) is 3.89. The molecule has 1 rings (SSSR count). The van der Waals surface area contributed by atoms with E-state index in [0.717, 1.165) is 0 Å². The van der Waals surface area contributed by atoms with Crippen molar-refractivity contribution in [3.05, 3.63) is 24.3 Å². The van der Waals surface area contributed by atoms with Gasteiger partial charge in [0.1, 0.15) is 5.75 Å². The summed E-state index contributed by atoms with van der Waals surface area (Å²) in [5.41, 5.74) is 5.89. The molecule has 0 aliphatic rings. The normalized spacial score (nSPS) is 15.2. The molecule has 23 heteroatoms. The number of hydrogen-bond donors (Lipinski definition) is 3. The van der Waals surface area contributed by atoms with Crippen molar-refractivity contribution in [2.24, 2.45) is 0 Å². The molecule has 0 fully saturated rings. The van der Waals surface area contributed by atoms with E-state index in [0.29, 0.717) is 5.69 Å². The number of alkyl halides is 17. The Bertz CT molecular complexity index is 1050. The molecule has 218 valence electrons. The summed E-state index contributed by atoms with van der Waals surface area (Å²) in [7, 11) is -7.89. The van der Waals surface area contributed by atoms with Crippen LogP contribution in [0.2, 0.25) is 0 Å². The first-order valence-corrected chi connectivity index (χ1v) is 9.46. The number of benzene rings is 1. The van der Waals surface area contributed by atoms with E-state index in [9.17, 15) is 83.1 Å². The van der Waals surface area contributed by atoms with Crippen molar-refractivity contribution in [3.63, 3.8) is 0 Å². The van der Waals surface area contributed by atoms with Gasteiger partial charge in [0.05, 0.1) is 0 Å². The molecule has 0 atom stereocenters. The number of anilines is 1. The Morgan fingerprint density at radius 3 is 1.16 bits per heavy atom. The van der Waals surface area contributed by atoms with Crippen molar-refractivity contribution in [3.8, 4) is 5.75 Å². The number of phenolic OH excluding ortho intramolecular Hbond substituents is 1. The van der Waals surface area contributed by atoms with Crippen molar-refractivity contribution in [2.45, 2.75) is 47.0 Å². The molecule has 0 aliphatic heterocycles. The van der Waals surface area contributed by atoms with Gasteiger partial charge in [-0.1, -0.05) is 6.07 Å². The van der Waals surface area contributed by atoms with Crippen LogP contribution in [0.3, 0.4) is 0 Å². The molecule has 1 aromatic rings. The van der Waals surface area contributed by atoms with E-state index in [2.05, 4.69) is 0 Å². The molecule has 0 aliphatic carbocycles. The molecule has 0 radical (unpaired) electrons. The third kappa shape index (κ3) is 5.27. The molecule has 37 heavy (non-hydrogen) atoms. The standard InChI is InChI=1S/C8HF17O3S.C6H7NO/c9-1(10,3(13,14)5(17,18)7(21,22)23)2(11,12)4(15,16)6(19,20)8(24,25)29(26,27)28;7-5-2-1-3-6(8)4-5/h(H,26,27,28);1-4,8H,7H2. The Kier molecular flexibility index (Phi) is 8.75. The second-order valence-electron chi connectivity index (χ2n) is 6.53. The van der Waals surface area contributed by atoms with Crippen molar-refractivity contribution < 1.29 is 92.7 Å². The molecule has 0 aromatic heterocycles. The number of rotatable bonds is 7. The smallest absolute Gasteiger partial charge is 0.460 e. The Morgan fingerprint density at radius 1 is 0.595 bits per heavy atom. The van der Waals surface area contributed by atoms with Gasteiger partial charge in [-0.3, -0.25) is 4.55 Å². The SMILES string of the molecule is Nc1cccc(O)c1.O=S(=O)(O)C(F)(F)C(F)(F)C(F)(F)C(F)(F)C(F)(F)C(F)(F)C(F)(F)C(F)(F)F. The first-order valence-electron chi connectivity index (χ1n) is 8.02.